The summed E-state index contributed by atoms with van der Waals surface area (Å²) >= 11 is 0. The maximum atomic E-state index is 5.45. The van der Waals surface area contributed by atoms with Crippen LogP contribution in [-0.2, 0) is 0 Å². The van der Waals surface area contributed by atoms with Gasteiger partial charge in [-0.3, -0.25) is 24.8 Å². The fourth-order valence-electron chi connectivity index (χ4n) is 6.87. The van der Waals surface area contributed by atoms with E-state index in [1.165, 1.54) is 0 Å². The molecule has 0 saturated carbocycles. The van der Waals surface area contributed by atoms with Gasteiger partial charge in [-0.1, -0.05) is 97.9 Å². The van der Waals surface area contributed by atoms with Crippen LogP contribution in [0.4, 0.5) is 11.6 Å². The van der Waals surface area contributed by atoms with Gasteiger partial charge in [0.05, 0.1) is 34.0 Å². The SMILES string of the molecule is CC1C=CC(N(c2cccc(-c3cccc4cccnc34)n2)c2cccc(-c3cccc4cccnc34)n2)=NC1c1cccc2cccnc12. The molecule has 2 atom stereocenters. The third-order valence-electron chi connectivity index (χ3n) is 9.27. The van der Waals surface area contributed by atoms with Gasteiger partial charge in [0, 0.05) is 57.4 Å². The number of hydrogen-bond acceptors (Lipinski definition) is 7. The number of fused-ring (bicyclic) bond motifs is 3. The zero-order chi connectivity index (χ0) is 33.4. The van der Waals surface area contributed by atoms with Crippen LogP contribution in [-0.4, -0.2) is 30.8 Å². The van der Waals surface area contributed by atoms with Gasteiger partial charge in [0.1, 0.15) is 17.5 Å². The predicted octanol–water partition coefficient (Wildman–Crippen LogP) is 9.94. The number of anilines is 2. The molecule has 0 aliphatic carbocycles. The van der Waals surface area contributed by atoms with Gasteiger partial charge in [0.2, 0.25) is 0 Å². The molecule has 0 amide bonds. The molecule has 8 aromatic rings. The fourth-order valence-corrected chi connectivity index (χ4v) is 6.87. The normalized spacial score (nSPS) is 15.7. The monoisotopic (exact) mass is 645 g/mol. The van der Waals surface area contributed by atoms with Crippen molar-refractivity contribution in [2.45, 2.75) is 13.0 Å². The van der Waals surface area contributed by atoms with Crippen LogP contribution in [0, 0.1) is 5.92 Å². The van der Waals surface area contributed by atoms with Crippen molar-refractivity contribution in [1.82, 2.24) is 24.9 Å². The Balaban J connectivity index is 1.23. The van der Waals surface area contributed by atoms with E-state index in [2.05, 4.69) is 84.6 Å². The zero-order valence-electron chi connectivity index (χ0n) is 27.3. The lowest BCUT2D eigenvalue weighted by Crippen LogP contribution is -2.29. The van der Waals surface area contributed by atoms with Crippen LogP contribution >= 0.6 is 0 Å². The van der Waals surface area contributed by atoms with Crippen molar-refractivity contribution in [3.8, 4) is 22.5 Å². The Morgan fingerprint density at radius 3 is 1.56 bits per heavy atom. The maximum absolute atomic E-state index is 5.45. The molecule has 6 heterocycles. The molecule has 9 rings (SSSR count). The Labute approximate surface area is 289 Å². The molecule has 238 valence electrons. The highest BCUT2D eigenvalue weighted by Gasteiger charge is 2.27. The third-order valence-corrected chi connectivity index (χ3v) is 9.27. The minimum absolute atomic E-state index is 0.148. The molecule has 0 fully saturated rings. The van der Waals surface area contributed by atoms with Gasteiger partial charge >= 0.3 is 0 Å². The molecule has 3 aromatic carbocycles. The summed E-state index contributed by atoms with van der Waals surface area (Å²) in [6, 6.07) is 42.8. The van der Waals surface area contributed by atoms with Crippen LogP contribution in [0.2, 0.25) is 0 Å². The van der Waals surface area contributed by atoms with E-state index in [1.807, 2.05) is 85.3 Å². The molecule has 0 N–H and O–H groups in total. The van der Waals surface area contributed by atoms with E-state index in [9.17, 15) is 0 Å². The number of para-hydroxylation sites is 3. The molecule has 7 nitrogen and oxygen atoms in total. The number of aromatic nitrogens is 5. The molecule has 5 aromatic heterocycles. The smallest absolute Gasteiger partial charge is 0.140 e. The average molecular weight is 646 g/mol. The molecule has 7 heteroatoms. The first kappa shape index (κ1) is 29.5. The van der Waals surface area contributed by atoms with Gasteiger partial charge in [0.15, 0.2) is 0 Å². The number of benzene rings is 3. The number of nitrogens with zero attached hydrogens (tertiary/aromatic N) is 7. The lowest BCUT2D eigenvalue weighted by molar-refractivity contribution is 0.565. The third kappa shape index (κ3) is 5.25. The second-order valence-corrected chi connectivity index (χ2v) is 12.4. The topological polar surface area (TPSA) is 80.0 Å². The van der Waals surface area contributed by atoms with Crippen molar-refractivity contribution in [2.24, 2.45) is 10.9 Å². The van der Waals surface area contributed by atoms with Gasteiger partial charge in [-0.05, 0) is 48.5 Å². The van der Waals surface area contributed by atoms with E-state index in [0.717, 1.165) is 66.6 Å². The van der Waals surface area contributed by atoms with Crippen LogP contribution in [0.3, 0.4) is 0 Å². The summed E-state index contributed by atoms with van der Waals surface area (Å²) < 4.78 is 0. The number of pyridine rings is 5. The van der Waals surface area contributed by atoms with E-state index in [-0.39, 0.29) is 12.0 Å². The van der Waals surface area contributed by atoms with Crippen molar-refractivity contribution >= 4 is 50.2 Å². The van der Waals surface area contributed by atoms with Gasteiger partial charge in [-0.25, -0.2) is 9.97 Å². The Bertz CT molecular complexity index is 2470. The van der Waals surface area contributed by atoms with Gasteiger partial charge < -0.3 is 0 Å². The number of amidine groups is 1. The Hall–Kier alpha value is -6.60. The van der Waals surface area contributed by atoms with E-state index >= 15 is 0 Å². The minimum atomic E-state index is -0.160. The molecule has 0 radical (unpaired) electrons. The highest BCUT2D eigenvalue weighted by Crippen LogP contribution is 2.37. The first-order valence-corrected chi connectivity index (χ1v) is 16.7. The summed E-state index contributed by atoms with van der Waals surface area (Å²) in [6.45, 7) is 2.20. The Morgan fingerprint density at radius 1 is 0.500 bits per heavy atom. The van der Waals surface area contributed by atoms with E-state index < -0.39 is 0 Å². The average Bonchev–Trinajstić information content (AvgIpc) is 3.18. The van der Waals surface area contributed by atoms with Crippen molar-refractivity contribution in [1.29, 1.82) is 0 Å². The van der Waals surface area contributed by atoms with E-state index in [0.29, 0.717) is 11.6 Å². The van der Waals surface area contributed by atoms with Gasteiger partial charge in [0.25, 0.3) is 0 Å². The van der Waals surface area contributed by atoms with Crippen LogP contribution in [0.25, 0.3) is 55.2 Å². The summed E-state index contributed by atoms with van der Waals surface area (Å²) in [5.41, 5.74) is 7.41. The molecule has 1 aliphatic heterocycles. The molecule has 1 aliphatic rings. The zero-order valence-corrected chi connectivity index (χ0v) is 27.3. The summed E-state index contributed by atoms with van der Waals surface area (Å²) in [6.07, 6.45) is 9.80. The summed E-state index contributed by atoms with van der Waals surface area (Å²) in [4.78, 5) is 32.2. The van der Waals surface area contributed by atoms with E-state index in [4.69, 9.17) is 29.9 Å². The summed E-state index contributed by atoms with van der Waals surface area (Å²) in [5, 5.41) is 3.22. The minimum Gasteiger partial charge on any atom is -0.263 e. The molecule has 0 spiro atoms. The van der Waals surface area contributed by atoms with Crippen molar-refractivity contribution in [2.75, 3.05) is 4.90 Å². The predicted molar refractivity (Wildman–Crippen MR) is 202 cm³/mol. The largest absolute Gasteiger partial charge is 0.263 e. The highest BCUT2D eigenvalue weighted by atomic mass is 15.3. The number of aliphatic imine (C=N–C) groups is 1. The van der Waals surface area contributed by atoms with Crippen molar-refractivity contribution in [3.63, 3.8) is 0 Å². The van der Waals surface area contributed by atoms with E-state index in [1.54, 1.807) is 0 Å². The first-order valence-electron chi connectivity index (χ1n) is 16.7. The highest BCUT2D eigenvalue weighted by molar-refractivity contribution is 6.10. The number of rotatable bonds is 5. The lowest BCUT2D eigenvalue weighted by atomic mass is 9.91. The van der Waals surface area contributed by atoms with Crippen molar-refractivity contribution in [3.05, 3.63) is 164 Å². The van der Waals surface area contributed by atoms with Crippen LogP contribution in [0.5, 0.6) is 0 Å². The first-order chi connectivity index (χ1) is 24.7. The molecular weight excluding hydrogens is 615 g/mol. The van der Waals surface area contributed by atoms with Gasteiger partial charge in [-0.15, -0.1) is 0 Å². The summed E-state index contributed by atoms with van der Waals surface area (Å²) in [5.74, 6) is 2.28. The number of hydrogen-bond donors (Lipinski definition) is 0. The van der Waals surface area contributed by atoms with Crippen LogP contribution in [0.1, 0.15) is 18.5 Å². The molecule has 0 saturated heterocycles. The van der Waals surface area contributed by atoms with Crippen molar-refractivity contribution < 1.29 is 0 Å². The quantitative estimate of drug-likeness (QED) is 0.185. The summed E-state index contributed by atoms with van der Waals surface area (Å²) in [7, 11) is 0. The molecule has 0 bridgehead atoms. The Morgan fingerprint density at radius 2 is 0.980 bits per heavy atom. The second kappa shape index (κ2) is 12.5. The second-order valence-electron chi connectivity index (χ2n) is 12.4. The molecule has 2 unspecified atom stereocenters. The maximum Gasteiger partial charge on any atom is 0.140 e. The van der Waals surface area contributed by atoms with Crippen LogP contribution in [0.15, 0.2) is 163 Å². The standard InChI is InChI=1S/C43H31N7/c1-28-23-24-39(49-40(28)34-18-4-12-31-15-9-27-46-43(31)34)50(37-21-5-19-35(47-37)32-16-2-10-29-13-7-25-44-41(29)32)38-22-6-20-36(48-38)33-17-3-11-30-14-8-26-45-42(30)33/h2-28,40H,1H3. The molecular formula is C43H31N7. The number of dihydropyridines is 1. The lowest BCUT2D eigenvalue weighted by Gasteiger charge is -2.30. The fraction of sp³-hybridized carbons (Fsp3) is 0.0698. The van der Waals surface area contributed by atoms with Gasteiger partial charge in [-0.2, -0.15) is 0 Å². The molecule has 50 heavy (non-hydrogen) atoms. The van der Waals surface area contributed by atoms with Crippen LogP contribution < -0.4 is 4.90 Å². The Kier molecular flexibility index (Phi) is 7.35.